The molecule has 0 aromatic carbocycles. The Kier molecular flexibility index (Phi) is 1.50. The van der Waals surface area contributed by atoms with Crippen LogP contribution in [0.3, 0.4) is 0 Å². The van der Waals surface area contributed by atoms with Crippen LogP contribution in [0.25, 0.3) is 0 Å². The summed E-state index contributed by atoms with van der Waals surface area (Å²) in [6.07, 6.45) is 6.61. The van der Waals surface area contributed by atoms with Gasteiger partial charge in [0.05, 0.1) is 12.2 Å². The van der Waals surface area contributed by atoms with Gasteiger partial charge in [-0.3, -0.25) is 0 Å². The second kappa shape index (κ2) is 2.46. The molecular formula is C10H17NO. The maximum Gasteiger partial charge on any atom is 0.0611 e. The Bertz CT molecular complexity index is 194. The highest BCUT2D eigenvalue weighted by atomic mass is 16.5. The highest BCUT2D eigenvalue weighted by molar-refractivity contribution is 5.01. The van der Waals surface area contributed by atoms with Gasteiger partial charge in [0.15, 0.2) is 0 Å². The number of fused-ring (bicyclic) bond motifs is 2. The van der Waals surface area contributed by atoms with Crippen molar-refractivity contribution in [1.29, 1.82) is 0 Å². The third-order valence-corrected chi connectivity index (χ3v) is 3.98. The molecule has 68 valence electrons. The molecule has 0 aromatic rings. The molecule has 2 aliphatic heterocycles. The monoisotopic (exact) mass is 167 g/mol. The van der Waals surface area contributed by atoms with E-state index in [1.54, 1.807) is 0 Å². The number of hydrogen-bond acceptors (Lipinski definition) is 2. The minimum atomic E-state index is 0.622. The van der Waals surface area contributed by atoms with Crippen LogP contribution >= 0.6 is 0 Å². The van der Waals surface area contributed by atoms with E-state index < -0.39 is 0 Å². The van der Waals surface area contributed by atoms with Gasteiger partial charge in [-0.1, -0.05) is 0 Å². The molecule has 3 aliphatic rings. The van der Waals surface area contributed by atoms with Crippen LogP contribution in [0.5, 0.6) is 0 Å². The largest absolute Gasteiger partial charge is 0.375 e. The average Bonchev–Trinajstić information content (AvgIpc) is 2.59. The van der Waals surface area contributed by atoms with Crippen LogP contribution in [0.1, 0.15) is 25.7 Å². The van der Waals surface area contributed by atoms with Gasteiger partial charge in [0.25, 0.3) is 0 Å². The Morgan fingerprint density at radius 2 is 2.08 bits per heavy atom. The van der Waals surface area contributed by atoms with Crippen LogP contribution in [0.15, 0.2) is 0 Å². The molecule has 1 aliphatic carbocycles. The van der Waals surface area contributed by atoms with Crippen LogP contribution in [-0.4, -0.2) is 18.8 Å². The summed E-state index contributed by atoms with van der Waals surface area (Å²) < 4.78 is 5.84. The van der Waals surface area contributed by atoms with Crippen molar-refractivity contribution < 1.29 is 4.74 Å². The molecule has 2 nitrogen and oxygen atoms in total. The van der Waals surface area contributed by atoms with Crippen molar-refractivity contribution >= 4 is 0 Å². The van der Waals surface area contributed by atoms with Crippen LogP contribution in [0.2, 0.25) is 0 Å². The third-order valence-electron chi connectivity index (χ3n) is 3.98. The lowest BCUT2D eigenvalue weighted by atomic mass is 9.85. The van der Waals surface area contributed by atoms with Gasteiger partial charge in [0.2, 0.25) is 0 Å². The van der Waals surface area contributed by atoms with Gasteiger partial charge in [-0.2, -0.15) is 0 Å². The number of rotatable bonds is 2. The Morgan fingerprint density at radius 1 is 1.17 bits per heavy atom. The summed E-state index contributed by atoms with van der Waals surface area (Å²) in [6.45, 7) is 0.901. The van der Waals surface area contributed by atoms with Gasteiger partial charge in [0, 0.05) is 0 Å². The number of nitrogens with two attached hydrogens (primary N) is 1. The molecule has 2 saturated heterocycles. The third kappa shape index (κ3) is 0.944. The van der Waals surface area contributed by atoms with Crippen molar-refractivity contribution in [2.24, 2.45) is 23.5 Å². The van der Waals surface area contributed by atoms with E-state index >= 15 is 0 Å². The average molecular weight is 167 g/mol. The fourth-order valence-electron chi connectivity index (χ4n) is 3.19. The smallest absolute Gasteiger partial charge is 0.0611 e. The zero-order valence-electron chi connectivity index (χ0n) is 7.41. The van der Waals surface area contributed by atoms with E-state index in [2.05, 4.69) is 0 Å². The molecule has 2 bridgehead atoms. The molecule has 3 fully saturated rings. The fraction of sp³-hybridized carbons (Fsp3) is 1.00. The Labute approximate surface area is 73.5 Å². The number of hydrogen-bond donors (Lipinski definition) is 1. The molecule has 5 unspecified atom stereocenters. The normalized spacial score (nSPS) is 56.2. The predicted octanol–water partition coefficient (Wildman–Crippen LogP) is 1.15. The Morgan fingerprint density at radius 3 is 2.58 bits per heavy atom. The summed E-state index contributed by atoms with van der Waals surface area (Å²) in [5.74, 6) is 2.67. The molecule has 12 heavy (non-hydrogen) atoms. The standard InChI is InChI=1S/C10H17NO/c11-5-6-3-8(6)9-4-7-1-2-10(9)12-7/h6-10H,1-5,11H2. The first kappa shape index (κ1) is 7.34. The summed E-state index contributed by atoms with van der Waals surface area (Å²) in [6, 6.07) is 0. The van der Waals surface area contributed by atoms with Crippen LogP contribution in [-0.2, 0) is 4.74 Å². The summed E-state index contributed by atoms with van der Waals surface area (Å²) in [5, 5.41) is 0. The van der Waals surface area contributed by atoms with E-state index in [0.29, 0.717) is 12.2 Å². The van der Waals surface area contributed by atoms with Crippen molar-refractivity contribution in [3.05, 3.63) is 0 Å². The predicted molar refractivity (Wildman–Crippen MR) is 46.7 cm³/mol. The highest BCUT2D eigenvalue weighted by Crippen LogP contribution is 2.53. The first-order valence-corrected chi connectivity index (χ1v) is 5.24. The quantitative estimate of drug-likeness (QED) is 0.669. The molecule has 1 saturated carbocycles. The molecule has 2 heterocycles. The lowest BCUT2D eigenvalue weighted by Crippen LogP contribution is -2.20. The fourth-order valence-corrected chi connectivity index (χ4v) is 3.19. The molecule has 3 rings (SSSR count). The van der Waals surface area contributed by atoms with Crippen molar-refractivity contribution in [2.45, 2.75) is 37.9 Å². The molecule has 0 aromatic heterocycles. The van der Waals surface area contributed by atoms with Gasteiger partial charge < -0.3 is 10.5 Å². The zero-order chi connectivity index (χ0) is 8.13. The topological polar surface area (TPSA) is 35.2 Å². The maximum atomic E-state index is 5.84. The van der Waals surface area contributed by atoms with E-state index in [4.69, 9.17) is 10.5 Å². The van der Waals surface area contributed by atoms with Crippen LogP contribution < -0.4 is 5.73 Å². The molecule has 2 N–H and O–H groups in total. The first-order chi connectivity index (χ1) is 5.88. The molecule has 2 heteroatoms. The minimum Gasteiger partial charge on any atom is -0.375 e. The van der Waals surface area contributed by atoms with E-state index in [1.807, 2.05) is 0 Å². The van der Waals surface area contributed by atoms with Gasteiger partial charge in [0.1, 0.15) is 0 Å². The molecular weight excluding hydrogens is 150 g/mol. The zero-order valence-corrected chi connectivity index (χ0v) is 7.41. The van der Waals surface area contributed by atoms with Gasteiger partial charge in [-0.05, 0) is 50.0 Å². The summed E-state index contributed by atoms with van der Waals surface area (Å²) in [4.78, 5) is 0. The van der Waals surface area contributed by atoms with Crippen LogP contribution in [0.4, 0.5) is 0 Å². The summed E-state index contributed by atoms with van der Waals surface area (Å²) in [5.41, 5.74) is 5.65. The van der Waals surface area contributed by atoms with E-state index in [0.717, 1.165) is 24.3 Å². The second-order valence-electron chi connectivity index (χ2n) is 4.67. The molecule has 0 spiro atoms. The van der Waals surface area contributed by atoms with Gasteiger partial charge >= 0.3 is 0 Å². The Balaban J connectivity index is 1.65. The minimum absolute atomic E-state index is 0.622. The summed E-state index contributed by atoms with van der Waals surface area (Å²) in [7, 11) is 0. The second-order valence-corrected chi connectivity index (χ2v) is 4.67. The van der Waals surface area contributed by atoms with Gasteiger partial charge in [-0.25, -0.2) is 0 Å². The van der Waals surface area contributed by atoms with E-state index in [9.17, 15) is 0 Å². The first-order valence-electron chi connectivity index (χ1n) is 5.24. The number of ether oxygens (including phenoxy) is 1. The van der Waals surface area contributed by atoms with Crippen molar-refractivity contribution in [1.82, 2.24) is 0 Å². The van der Waals surface area contributed by atoms with Crippen molar-refractivity contribution in [3.8, 4) is 0 Å². The van der Waals surface area contributed by atoms with Crippen LogP contribution in [0, 0.1) is 17.8 Å². The maximum absolute atomic E-state index is 5.84. The highest BCUT2D eigenvalue weighted by Gasteiger charge is 2.51. The lowest BCUT2D eigenvalue weighted by molar-refractivity contribution is 0.0884. The van der Waals surface area contributed by atoms with Crippen molar-refractivity contribution in [2.75, 3.05) is 6.54 Å². The SMILES string of the molecule is NCC1CC1C1CC2CCC1O2. The molecule has 0 radical (unpaired) electrons. The lowest BCUT2D eigenvalue weighted by Gasteiger charge is -2.18. The Hall–Kier alpha value is -0.0800. The molecule has 5 atom stereocenters. The van der Waals surface area contributed by atoms with Gasteiger partial charge in [-0.15, -0.1) is 0 Å². The van der Waals surface area contributed by atoms with E-state index in [-0.39, 0.29) is 0 Å². The van der Waals surface area contributed by atoms with E-state index in [1.165, 1.54) is 25.7 Å². The summed E-state index contributed by atoms with van der Waals surface area (Å²) >= 11 is 0. The molecule has 0 amide bonds. The van der Waals surface area contributed by atoms with Crippen molar-refractivity contribution in [3.63, 3.8) is 0 Å².